The van der Waals surface area contributed by atoms with Gasteiger partial charge in [-0.1, -0.05) is 0 Å². The van der Waals surface area contributed by atoms with E-state index in [9.17, 15) is 0 Å². The minimum atomic E-state index is 0. The fraction of sp³-hybridized carbons (Fsp3) is 0. The fourth-order valence-corrected chi connectivity index (χ4v) is 0. The van der Waals surface area contributed by atoms with Gasteiger partial charge in [0.1, 0.15) is 0 Å². The standard InChI is InChI=1S/6ClH.Ir.Na.H/h6*1H;;;/q;;;;;;;+1;-1. The quantitative estimate of drug-likeness (QED) is 0.457. The SMILES string of the molecule is Cl.Cl.Cl.Cl.Cl.Cl.[H-].[Ir].[Na+]. The molecule has 0 spiro atoms. The summed E-state index contributed by atoms with van der Waals surface area (Å²) >= 11 is 0. The first-order valence-corrected chi connectivity index (χ1v) is 0. The van der Waals surface area contributed by atoms with Crippen molar-refractivity contribution in [2.75, 3.05) is 0 Å². The Balaban J connectivity index is 0. The Kier molecular flexibility index (Phi) is 1070. The van der Waals surface area contributed by atoms with Gasteiger partial charge < -0.3 is 1.43 Å². The monoisotopic (exact) mass is 433 g/mol. The Morgan fingerprint density at radius 1 is 0.500 bits per heavy atom. The third-order valence-electron chi connectivity index (χ3n) is 0. The summed E-state index contributed by atoms with van der Waals surface area (Å²) in [6.45, 7) is 0. The molecule has 0 heterocycles. The van der Waals surface area contributed by atoms with Crippen LogP contribution < -0.4 is 29.6 Å². The molecule has 0 amide bonds. The van der Waals surface area contributed by atoms with E-state index in [4.69, 9.17) is 0 Å². The summed E-state index contributed by atoms with van der Waals surface area (Å²) in [7, 11) is 0. The molecular formula is H7Cl6IrNa. The molecule has 0 aliphatic rings. The van der Waals surface area contributed by atoms with E-state index in [1.165, 1.54) is 0 Å². The molecule has 0 atom stereocenters. The van der Waals surface area contributed by atoms with E-state index >= 15 is 0 Å². The summed E-state index contributed by atoms with van der Waals surface area (Å²) in [5, 5.41) is 0. The molecule has 59 valence electrons. The van der Waals surface area contributed by atoms with Crippen LogP contribution in [0.25, 0.3) is 0 Å². The van der Waals surface area contributed by atoms with E-state index < -0.39 is 0 Å². The van der Waals surface area contributed by atoms with E-state index in [1.807, 2.05) is 0 Å². The van der Waals surface area contributed by atoms with Crippen LogP contribution in [-0.4, -0.2) is 0 Å². The predicted octanol–water partition coefficient (Wildman–Crippen LogP) is -0.355. The zero-order valence-corrected chi connectivity index (χ0v) is 13.1. The van der Waals surface area contributed by atoms with Crippen LogP contribution in [0.5, 0.6) is 0 Å². The molecule has 0 saturated carbocycles. The Morgan fingerprint density at radius 2 is 0.500 bits per heavy atom. The molecular weight excluding hydrogens is 428 g/mol. The van der Waals surface area contributed by atoms with Gasteiger partial charge in [-0.05, 0) is 0 Å². The summed E-state index contributed by atoms with van der Waals surface area (Å²) in [5.41, 5.74) is 0. The van der Waals surface area contributed by atoms with Crippen LogP contribution in [-0.2, 0) is 20.1 Å². The molecule has 0 bridgehead atoms. The molecule has 0 saturated heterocycles. The van der Waals surface area contributed by atoms with E-state index in [1.54, 1.807) is 0 Å². The molecule has 0 fully saturated rings. The summed E-state index contributed by atoms with van der Waals surface area (Å²) in [6, 6.07) is 0. The Labute approximate surface area is 124 Å². The van der Waals surface area contributed by atoms with Gasteiger partial charge in [0.15, 0.2) is 0 Å². The van der Waals surface area contributed by atoms with E-state index in [0.717, 1.165) is 0 Å². The number of rotatable bonds is 0. The van der Waals surface area contributed by atoms with Crippen molar-refractivity contribution in [3.05, 3.63) is 0 Å². The average molecular weight is 435 g/mol. The van der Waals surface area contributed by atoms with Gasteiger partial charge in [-0.2, -0.15) is 0 Å². The van der Waals surface area contributed by atoms with Gasteiger partial charge in [0.2, 0.25) is 0 Å². The van der Waals surface area contributed by atoms with Gasteiger partial charge in [0.25, 0.3) is 0 Å². The fourth-order valence-electron chi connectivity index (χ4n) is 0. The normalized spacial score (nSPS) is 0. The molecule has 0 aromatic heterocycles. The maximum atomic E-state index is 0. The third-order valence-corrected chi connectivity index (χ3v) is 0. The maximum Gasteiger partial charge on any atom is 1.00 e. The van der Waals surface area contributed by atoms with E-state index in [-0.39, 0.29) is 126 Å². The van der Waals surface area contributed by atoms with Crippen LogP contribution in [0.2, 0.25) is 0 Å². The molecule has 8 heteroatoms. The van der Waals surface area contributed by atoms with Crippen molar-refractivity contribution in [3.8, 4) is 0 Å². The Bertz CT molecular complexity index is 13.0. The van der Waals surface area contributed by atoms with Crippen molar-refractivity contribution >= 4 is 74.4 Å². The van der Waals surface area contributed by atoms with E-state index in [2.05, 4.69) is 0 Å². The van der Waals surface area contributed by atoms with Crippen molar-refractivity contribution in [1.82, 2.24) is 0 Å². The number of hydrogen-bond acceptors (Lipinski definition) is 0. The van der Waals surface area contributed by atoms with Crippen molar-refractivity contribution < 1.29 is 51.1 Å². The van der Waals surface area contributed by atoms with Gasteiger partial charge in [-0.15, -0.1) is 74.4 Å². The number of hydrogen-bond donors (Lipinski definition) is 0. The van der Waals surface area contributed by atoms with E-state index in [0.29, 0.717) is 0 Å². The molecule has 0 aromatic carbocycles. The maximum absolute atomic E-state index is 0. The third kappa shape index (κ3) is 57.5. The van der Waals surface area contributed by atoms with Gasteiger partial charge in [-0.3, -0.25) is 0 Å². The molecule has 1 radical (unpaired) electrons. The first kappa shape index (κ1) is 107. The first-order chi connectivity index (χ1) is 0. The largest absolute Gasteiger partial charge is 1.00 e. The summed E-state index contributed by atoms with van der Waals surface area (Å²) in [5.74, 6) is 0. The second-order valence-electron chi connectivity index (χ2n) is 0. The van der Waals surface area contributed by atoms with Gasteiger partial charge in [-0.25, -0.2) is 0 Å². The van der Waals surface area contributed by atoms with Crippen LogP contribution in [0.3, 0.4) is 0 Å². The van der Waals surface area contributed by atoms with Crippen LogP contribution in [0, 0.1) is 0 Å². The predicted molar refractivity (Wildman–Crippen MR) is 44.6 cm³/mol. The Hall–Kier alpha value is 3.39. The topological polar surface area (TPSA) is 0 Å². The second kappa shape index (κ2) is 79.7. The van der Waals surface area contributed by atoms with Crippen molar-refractivity contribution in [1.29, 1.82) is 0 Å². The zero-order valence-electron chi connectivity index (χ0n) is 4.78. The van der Waals surface area contributed by atoms with Crippen LogP contribution >= 0.6 is 74.4 Å². The minimum Gasteiger partial charge on any atom is -1.00 e. The summed E-state index contributed by atoms with van der Waals surface area (Å²) in [6.07, 6.45) is 0. The summed E-state index contributed by atoms with van der Waals surface area (Å²) < 4.78 is 0. The van der Waals surface area contributed by atoms with Gasteiger partial charge in [0.05, 0.1) is 0 Å². The van der Waals surface area contributed by atoms with Gasteiger partial charge in [0, 0.05) is 20.1 Å². The minimum absolute atomic E-state index is 0. The number of halogens is 6. The average Bonchev–Trinajstić information content (AvgIpc) is 0. The Morgan fingerprint density at radius 3 is 0.500 bits per heavy atom. The van der Waals surface area contributed by atoms with Crippen molar-refractivity contribution in [2.24, 2.45) is 0 Å². The second-order valence-corrected chi connectivity index (χ2v) is 0. The molecule has 0 unspecified atom stereocenters. The molecule has 0 nitrogen and oxygen atoms in total. The molecule has 0 aliphatic carbocycles. The van der Waals surface area contributed by atoms with Gasteiger partial charge >= 0.3 is 29.6 Å². The molecule has 0 aliphatic heterocycles. The van der Waals surface area contributed by atoms with Crippen LogP contribution in [0.15, 0.2) is 0 Å². The van der Waals surface area contributed by atoms with Crippen molar-refractivity contribution in [2.45, 2.75) is 0 Å². The molecule has 8 heavy (non-hydrogen) atoms. The smallest absolute Gasteiger partial charge is 1.00 e. The summed E-state index contributed by atoms with van der Waals surface area (Å²) in [4.78, 5) is 0. The molecule has 0 aromatic rings. The molecule has 0 N–H and O–H groups in total. The first-order valence-electron chi connectivity index (χ1n) is 0. The van der Waals surface area contributed by atoms with Crippen LogP contribution in [0.1, 0.15) is 1.43 Å². The zero-order chi connectivity index (χ0) is 0. The van der Waals surface area contributed by atoms with Crippen molar-refractivity contribution in [3.63, 3.8) is 0 Å². The molecule has 0 rings (SSSR count). The van der Waals surface area contributed by atoms with Crippen LogP contribution in [0.4, 0.5) is 0 Å².